The minimum atomic E-state index is -1.02. The first-order chi connectivity index (χ1) is 12.0. The van der Waals surface area contributed by atoms with Crippen molar-refractivity contribution >= 4 is 17.8 Å². The lowest BCUT2D eigenvalue weighted by molar-refractivity contribution is -0.139. The highest BCUT2D eigenvalue weighted by Crippen LogP contribution is 2.12. The van der Waals surface area contributed by atoms with Crippen LogP contribution in [0, 0.1) is 0 Å². The number of carbonyl (C=O) groups is 3. The fraction of sp³-hybridized carbons (Fsp3) is 0.500. The van der Waals surface area contributed by atoms with Gasteiger partial charge in [0.05, 0.1) is 6.54 Å². The molecule has 25 heavy (non-hydrogen) atoms. The summed E-state index contributed by atoms with van der Waals surface area (Å²) in [5, 5.41) is 11.4. The van der Waals surface area contributed by atoms with Crippen LogP contribution in [0.4, 0.5) is 0 Å². The molecule has 0 atom stereocenters. The summed E-state index contributed by atoms with van der Waals surface area (Å²) in [6.45, 7) is 0.895. The molecule has 2 N–H and O–H groups in total. The topological polar surface area (TPSA) is 95.9 Å². The second kappa shape index (κ2) is 9.66. The van der Waals surface area contributed by atoms with Crippen molar-refractivity contribution in [1.82, 2.24) is 10.2 Å². The Bertz CT molecular complexity index is 600. The van der Waals surface area contributed by atoms with Crippen LogP contribution in [0.1, 0.15) is 31.2 Å². The second-order valence-electron chi connectivity index (χ2n) is 6.05. The fourth-order valence-electron chi connectivity index (χ4n) is 2.68. The van der Waals surface area contributed by atoms with Gasteiger partial charge in [0.2, 0.25) is 11.8 Å². The summed E-state index contributed by atoms with van der Waals surface area (Å²) in [6.07, 6.45) is 4.08. The number of benzene rings is 1. The van der Waals surface area contributed by atoms with E-state index >= 15 is 0 Å². The van der Waals surface area contributed by atoms with E-state index in [9.17, 15) is 14.4 Å². The molecule has 136 valence electrons. The van der Waals surface area contributed by atoms with E-state index in [4.69, 9.17) is 9.84 Å². The molecule has 0 saturated carbocycles. The molecule has 1 heterocycles. The molecule has 0 aromatic heterocycles. The SMILES string of the molecule is O=C(O)COc1ccc(CCNC(=O)CN2CCCCCC2=O)cc1. The van der Waals surface area contributed by atoms with Gasteiger partial charge >= 0.3 is 5.97 Å². The predicted molar refractivity (Wildman–Crippen MR) is 91.3 cm³/mol. The van der Waals surface area contributed by atoms with Gasteiger partial charge in [-0.05, 0) is 37.0 Å². The molecule has 0 radical (unpaired) electrons. The first-order valence-electron chi connectivity index (χ1n) is 8.52. The standard InChI is InChI=1S/C18H24N2O5/c21-16(12-20-11-3-1-2-4-17(20)22)19-10-9-14-5-7-15(8-6-14)25-13-18(23)24/h5-8H,1-4,9-13H2,(H,19,21)(H,23,24). The van der Waals surface area contributed by atoms with E-state index in [0.717, 1.165) is 24.8 Å². The quantitative estimate of drug-likeness (QED) is 0.736. The first kappa shape index (κ1) is 18.8. The molecular formula is C18H24N2O5. The minimum Gasteiger partial charge on any atom is -0.482 e. The summed E-state index contributed by atoms with van der Waals surface area (Å²) in [6, 6.07) is 7.08. The van der Waals surface area contributed by atoms with Crippen LogP contribution in [-0.4, -0.2) is 54.0 Å². The highest BCUT2D eigenvalue weighted by molar-refractivity contribution is 5.84. The van der Waals surface area contributed by atoms with E-state index in [1.807, 2.05) is 12.1 Å². The Morgan fingerprint density at radius 2 is 1.92 bits per heavy atom. The number of carboxylic acids is 1. The minimum absolute atomic E-state index is 0.0598. The van der Waals surface area contributed by atoms with Gasteiger partial charge in [0, 0.05) is 19.5 Å². The van der Waals surface area contributed by atoms with Gasteiger partial charge in [0.1, 0.15) is 5.75 Å². The highest BCUT2D eigenvalue weighted by Gasteiger charge is 2.18. The van der Waals surface area contributed by atoms with E-state index < -0.39 is 5.97 Å². The molecule has 1 aromatic rings. The molecule has 1 aromatic carbocycles. The van der Waals surface area contributed by atoms with E-state index in [-0.39, 0.29) is 25.0 Å². The molecule has 2 amide bonds. The van der Waals surface area contributed by atoms with Gasteiger partial charge in [-0.2, -0.15) is 0 Å². The van der Waals surface area contributed by atoms with E-state index in [1.165, 1.54) is 0 Å². The summed E-state index contributed by atoms with van der Waals surface area (Å²) >= 11 is 0. The number of hydrogen-bond donors (Lipinski definition) is 2. The summed E-state index contributed by atoms with van der Waals surface area (Å²) in [5.41, 5.74) is 1.01. The van der Waals surface area contributed by atoms with Gasteiger partial charge in [-0.3, -0.25) is 9.59 Å². The summed E-state index contributed by atoms with van der Waals surface area (Å²) in [7, 11) is 0. The number of carboxylic acid groups (broad SMARTS) is 1. The molecule has 0 aliphatic carbocycles. The molecule has 2 rings (SSSR count). The Morgan fingerprint density at radius 1 is 1.16 bits per heavy atom. The maximum absolute atomic E-state index is 12.0. The van der Waals surface area contributed by atoms with Crippen molar-refractivity contribution in [3.05, 3.63) is 29.8 Å². The molecule has 0 spiro atoms. The Hall–Kier alpha value is -2.57. The Kier molecular flexibility index (Phi) is 7.25. The number of ether oxygens (including phenoxy) is 1. The van der Waals surface area contributed by atoms with Crippen LogP contribution >= 0.6 is 0 Å². The third kappa shape index (κ3) is 6.82. The van der Waals surface area contributed by atoms with Crippen molar-refractivity contribution in [3.8, 4) is 5.75 Å². The van der Waals surface area contributed by atoms with Crippen LogP contribution in [0.15, 0.2) is 24.3 Å². The lowest BCUT2D eigenvalue weighted by Crippen LogP contribution is -2.41. The highest BCUT2D eigenvalue weighted by atomic mass is 16.5. The normalized spacial score (nSPS) is 14.7. The predicted octanol–water partition coefficient (Wildman–Crippen LogP) is 1.21. The van der Waals surface area contributed by atoms with Crippen molar-refractivity contribution < 1.29 is 24.2 Å². The van der Waals surface area contributed by atoms with Crippen molar-refractivity contribution in [3.63, 3.8) is 0 Å². The van der Waals surface area contributed by atoms with Crippen molar-refractivity contribution in [2.24, 2.45) is 0 Å². The Morgan fingerprint density at radius 3 is 2.64 bits per heavy atom. The number of hydrogen-bond acceptors (Lipinski definition) is 4. The van der Waals surface area contributed by atoms with Crippen molar-refractivity contribution in [2.45, 2.75) is 32.1 Å². The number of nitrogens with one attached hydrogen (secondary N) is 1. The van der Waals surface area contributed by atoms with Crippen LogP contribution in [0.3, 0.4) is 0 Å². The zero-order valence-electron chi connectivity index (χ0n) is 14.2. The maximum atomic E-state index is 12.0. The van der Waals surface area contributed by atoms with Crippen LogP contribution in [0.5, 0.6) is 5.75 Å². The van der Waals surface area contributed by atoms with Crippen LogP contribution < -0.4 is 10.1 Å². The first-order valence-corrected chi connectivity index (χ1v) is 8.52. The summed E-state index contributed by atoms with van der Waals surface area (Å²) in [5.74, 6) is -0.606. The van der Waals surface area contributed by atoms with Gasteiger partial charge < -0.3 is 20.1 Å². The number of rotatable bonds is 8. The van der Waals surface area contributed by atoms with E-state index in [0.29, 0.717) is 31.7 Å². The van der Waals surface area contributed by atoms with Gasteiger partial charge in [-0.25, -0.2) is 4.79 Å². The van der Waals surface area contributed by atoms with Gasteiger partial charge in [0.25, 0.3) is 0 Å². The zero-order valence-corrected chi connectivity index (χ0v) is 14.2. The molecule has 1 fully saturated rings. The number of nitrogens with zero attached hydrogens (tertiary/aromatic N) is 1. The Balaban J connectivity index is 1.69. The molecule has 0 unspecified atom stereocenters. The average molecular weight is 348 g/mol. The molecule has 1 aliphatic heterocycles. The lowest BCUT2D eigenvalue weighted by atomic mass is 10.1. The fourth-order valence-corrected chi connectivity index (χ4v) is 2.68. The van der Waals surface area contributed by atoms with Crippen molar-refractivity contribution in [1.29, 1.82) is 0 Å². The number of amides is 2. The van der Waals surface area contributed by atoms with Gasteiger partial charge in [-0.1, -0.05) is 18.6 Å². The van der Waals surface area contributed by atoms with Crippen LogP contribution in [0.25, 0.3) is 0 Å². The van der Waals surface area contributed by atoms with Crippen molar-refractivity contribution in [2.75, 3.05) is 26.2 Å². The molecule has 1 saturated heterocycles. The Labute approximate surface area is 147 Å². The molecule has 7 nitrogen and oxygen atoms in total. The van der Waals surface area contributed by atoms with E-state index in [2.05, 4.69) is 5.32 Å². The van der Waals surface area contributed by atoms with Crippen LogP contribution in [-0.2, 0) is 20.8 Å². The number of likely N-dealkylation sites (tertiary alicyclic amines) is 1. The molecule has 7 heteroatoms. The monoisotopic (exact) mass is 348 g/mol. The zero-order chi connectivity index (χ0) is 18.1. The van der Waals surface area contributed by atoms with Gasteiger partial charge in [-0.15, -0.1) is 0 Å². The lowest BCUT2D eigenvalue weighted by Gasteiger charge is -2.19. The molecular weight excluding hydrogens is 324 g/mol. The molecule has 0 bridgehead atoms. The third-order valence-corrected chi connectivity index (χ3v) is 4.03. The maximum Gasteiger partial charge on any atom is 0.341 e. The largest absolute Gasteiger partial charge is 0.482 e. The number of carbonyl (C=O) groups excluding carboxylic acids is 2. The third-order valence-electron chi connectivity index (χ3n) is 4.03. The smallest absolute Gasteiger partial charge is 0.341 e. The van der Waals surface area contributed by atoms with Gasteiger partial charge in [0.15, 0.2) is 6.61 Å². The second-order valence-corrected chi connectivity index (χ2v) is 6.05. The average Bonchev–Trinajstić information content (AvgIpc) is 2.79. The molecule has 1 aliphatic rings. The van der Waals surface area contributed by atoms with E-state index in [1.54, 1.807) is 17.0 Å². The van der Waals surface area contributed by atoms with Crippen LogP contribution in [0.2, 0.25) is 0 Å². The number of aliphatic carboxylic acids is 1. The summed E-state index contributed by atoms with van der Waals surface area (Å²) in [4.78, 5) is 35.9. The summed E-state index contributed by atoms with van der Waals surface area (Å²) < 4.78 is 5.06.